The molecule has 3 nitrogen and oxygen atoms in total. The van der Waals surface area contributed by atoms with Crippen LogP contribution in [0.15, 0.2) is 164 Å². The summed E-state index contributed by atoms with van der Waals surface area (Å²) < 4.78 is 46.5. The van der Waals surface area contributed by atoms with E-state index in [9.17, 15) is 13.2 Å². The minimum atomic E-state index is -4.47. The highest BCUT2D eigenvalue weighted by Crippen LogP contribution is 2.45. The molecule has 0 spiro atoms. The Hall–Kier alpha value is -8.14. The molecule has 0 fully saturated rings. The van der Waals surface area contributed by atoms with E-state index in [-0.39, 0.29) is 0 Å². The molecule has 0 aliphatic carbocycles. The molecular formula is C63H48F3N3. The van der Waals surface area contributed by atoms with Crippen molar-refractivity contribution >= 4 is 49.3 Å². The van der Waals surface area contributed by atoms with E-state index in [4.69, 9.17) is 6.57 Å². The lowest BCUT2D eigenvalue weighted by molar-refractivity contribution is -0.137. The van der Waals surface area contributed by atoms with Crippen molar-refractivity contribution in [2.24, 2.45) is 0 Å². The molecule has 2 aromatic heterocycles. The fraction of sp³-hybridized carbons (Fsp3) is 0.127. The van der Waals surface area contributed by atoms with Crippen molar-refractivity contribution < 1.29 is 13.2 Å². The van der Waals surface area contributed by atoms with E-state index in [1.165, 1.54) is 50.6 Å². The number of rotatable bonds is 6. The van der Waals surface area contributed by atoms with Crippen LogP contribution in [-0.4, -0.2) is 9.13 Å². The summed E-state index contributed by atoms with van der Waals surface area (Å²) in [4.78, 5) is 4.14. The van der Waals surface area contributed by atoms with Gasteiger partial charge in [-0.3, -0.25) is 0 Å². The molecule has 69 heavy (non-hydrogen) atoms. The Balaban J connectivity index is 1.17. The highest BCUT2D eigenvalue weighted by Gasteiger charge is 2.31. The summed E-state index contributed by atoms with van der Waals surface area (Å²) in [7, 11) is 0. The smallest absolute Gasteiger partial charge is 0.309 e. The molecule has 0 N–H and O–H groups in total. The lowest BCUT2D eigenvalue weighted by Gasteiger charge is -2.19. The molecule has 0 unspecified atom stereocenters. The molecule has 0 aliphatic heterocycles. The van der Waals surface area contributed by atoms with Crippen LogP contribution in [0.3, 0.4) is 0 Å². The number of hydrogen-bond acceptors (Lipinski definition) is 0. The third-order valence-corrected chi connectivity index (χ3v) is 14.0. The highest BCUT2D eigenvalue weighted by molar-refractivity contribution is 6.12. The molecule has 11 aromatic rings. The van der Waals surface area contributed by atoms with Crippen LogP contribution in [-0.2, 0) is 6.18 Å². The first-order valence-corrected chi connectivity index (χ1v) is 23.3. The van der Waals surface area contributed by atoms with E-state index >= 15 is 0 Å². The van der Waals surface area contributed by atoms with Gasteiger partial charge in [-0.25, -0.2) is 4.85 Å². The monoisotopic (exact) mass is 903 g/mol. The van der Waals surface area contributed by atoms with Gasteiger partial charge in [-0.2, -0.15) is 13.2 Å². The number of alkyl halides is 3. The lowest BCUT2D eigenvalue weighted by atomic mass is 9.92. The summed E-state index contributed by atoms with van der Waals surface area (Å²) >= 11 is 0. The van der Waals surface area contributed by atoms with Crippen molar-refractivity contribution in [1.82, 2.24) is 9.13 Å². The standard InChI is InChI=1S/C63H48F3N3/c1-36-27-39(4)61(40(5)28-36)44-18-25-58-52(33-44)49-13-9-11-15-56(49)68(58)47-21-23-55(67-8)51(35-47)54-32-43(48-22-20-46(31-38(48)3)63(64,65)66)17-24-60(54)69-57-16-12-10-14-50(57)53-34-45(19-26-59(53)69)62-41(6)29-37(2)30-42(62)7/h9-35H,1-7H3. The van der Waals surface area contributed by atoms with Crippen molar-refractivity contribution in [3.63, 3.8) is 0 Å². The Bertz CT molecular complexity index is 3940. The summed E-state index contributed by atoms with van der Waals surface area (Å²) in [6, 6.07) is 55.3. The van der Waals surface area contributed by atoms with Gasteiger partial charge in [0.25, 0.3) is 0 Å². The Labute approximate surface area is 400 Å². The SMILES string of the molecule is [C-]#[N+]c1ccc(-n2c3ccccc3c3cc(-c4c(C)cc(C)cc4C)ccc32)cc1-c1cc(-c2ccc(C(F)(F)F)cc2C)ccc1-n1c2ccccc2c2cc(-c3c(C)cc(C)cc3C)ccc21. The molecule has 9 aromatic carbocycles. The second-order valence-electron chi connectivity index (χ2n) is 18.8. The van der Waals surface area contributed by atoms with Gasteiger partial charge in [0.1, 0.15) is 0 Å². The van der Waals surface area contributed by atoms with Crippen molar-refractivity contribution in [3.8, 4) is 55.9 Å². The molecule has 0 atom stereocenters. The number of benzene rings is 9. The minimum Gasteiger partial charge on any atom is -0.309 e. The maximum absolute atomic E-state index is 14.0. The van der Waals surface area contributed by atoms with Gasteiger partial charge in [-0.1, -0.05) is 102 Å². The van der Waals surface area contributed by atoms with Crippen molar-refractivity contribution in [3.05, 3.63) is 220 Å². The maximum atomic E-state index is 14.0. The second-order valence-corrected chi connectivity index (χ2v) is 18.8. The molecule has 11 rings (SSSR count). The van der Waals surface area contributed by atoms with Crippen LogP contribution in [0, 0.1) is 55.0 Å². The third-order valence-electron chi connectivity index (χ3n) is 14.0. The zero-order valence-corrected chi connectivity index (χ0v) is 39.6. The van der Waals surface area contributed by atoms with Crippen molar-refractivity contribution in [2.75, 3.05) is 0 Å². The predicted octanol–water partition coefficient (Wildman–Crippen LogP) is 18.3. The van der Waals surface area contributed by atoms with E-state index in [1.54, 1.807) is 13.0 Å². The van der Waals surface area contributed by atoms with E-state index in [0.29, 0.717) is 22.4 Å². The normalized spacial score (nSPS) is 11.9. The Morgan fingerprint density at radius 2 is 0.913 bits per heavy atom. The summed E-state index contributed by atoms with van der Waals surface area (Å²) in [5, 5.41) is 4.43. The van der Waals surface area contributed by atoms with Crippen molar-refractivity contribution in [2.45, 2.75) is 54.6 Å². The molecule has 6 heteroatoms. The summed E-state index contributed by atoms with van der Waals surface area (Å²) in [5.41, 5.74) is 21.2. The van der Waals surface area contributed by atoms with Gasteiger partial charge in [0.2, 0.25) is 0 Å². The first-order valence-electron chi connectivity index (χ1n) is 23.3. The molecule has 0 radical (unpaired) electrons. The van der Waals surface area contributed by atoms with Gasteiger partial charge in [0.15, 0.2) is 5.69 Å². The zero-order chi connectivity index (χ0) is 48.0. The average molecular weight is 904 g/mol. The summed E-state index contributed by atoms with van der Waals surface area (Å²) in [6.45, 7) is 23.3. The highest BCUT2D eigenvalue weighted by atomic mass is 19.4. The van der Waals surface area contributed by atoms with Gasteiger partial charge in [-0.05, 0) is 194 Å². The van der Waals surface area contributed by atoms with Gasteiger partial charge < -0.3 is 9.13 Å². The molecule has 0 aliphatic rings. The Morgan fingerprint density at radius 3 is 1.45 bits per heavy atom. The fourth-order valence-electron chi connectivity index (χ4n) is 11.3. The number of nitrogens with zero attached hydrogens (tertiary/aromatic N) is 3. The number of aromatic nitrogens is 2. The van der Waals surface area contributed by atoms with Gasteiger partial charge in [-0.15, -0.1) is 0 Å². The number of halogens is 3. The molecule has 0 saturated heterocycles. The summed E-state index contributed by atoms with van der Waals surface area (Å²) in [5.74, 6) is 0. The average Bonchev–Trinajstić information content (AvgIpc) is 3.82. The quantitative estimate of drug-likeness (QED) is 0.148. The van der Waals surface area contributed by atoms with Gasteiger partial charge in [0, 0.05) is 27.2 Å². The Morgan fingerprint density at radius 1 is 0.406 bits per heavy atom. The van der Waals surface area contributed by atoms with Crippen LogP contribution in [0.1, 0.15) is 44.5 Å². The lowest BCUT2D eigenvalue weighted by Crippen LogP contribution is -2.05. The number of fused-ring (bicyclic) bond motifs is 6. The Kier molecular flexibility index (Phi) is 10.2. The molecular weight excluding hydrogens is 856 g/mol. The topological polar surface area (TPSA) is 14.2 Å². The van der Waals surface area contributed by atoms with Gasteiger partial charge >= 0.3 is 6.18 Å². The predicted molar refractivity (Wildman–Crippen MR) is 281 cm³/mol. The largest absolute Gasteiger partial charge is 0.416 e. The third kappa shape index (κ3) is 7.20. The van der Waals surface area contributed by atoms with E-state index < -0.39 is 11.7 Å². The molecule has 2 heterocycles. The number of hydrogen-bond donors (Lipinski definition) is 0. The first kappa shape index (κ1) is 43.4. The molecule has 0 saturated carbocycles. The van der Waals surface area contributed by atoms with Gasteiger partial charge in [0.05, 0.1) is 39.9 Å². The minimum absolute atomic E-state index is 0.461. The van der Waals surface area contributed by atoms with Crippen LogP contribution in [0.4, 0.5) is 18.9 Å². The van der Waals surface area contributed by atoms with Crippen LogP contribution in [0.2, 0.25) is 0 Å². The number of para-hydroxylation sites is 2. The second kappa shape index (κ2) is 16.3. The molecule has 336 valence electrons. The number of aryl methyl sites for hydroxylation is 7. The van der Waals surface area contributed by atoms with Crippen LogP contribution < -0.4 is 0 Å². The van der Waals surface area contributed by atoms with E-state index in [1.807, 2.05) is 24.3 Å². The fourth-order valence-corrected chi connectivity index (χ4v) is 11.3. The maximum Gasteiger partial charge on any atom is 0.416 e. The molecule has 0 bridgehead atoms. The van der Waals surface area contributed by atoms with E-state index in [0.717, 1.165) is 83.3 Å². The first-order chi connectivity index (χ1) is 33.2. The van der Waals surface area contributed by atoms with Crippen LogP contribution in [0.25, 0.3) is 104 Å². The molecule has 0 amide bonds. The zero-order valence-electron chi connectivity index (χ0n) is 39.6. The van der Waals surface area contributed by atoms with Crippen LogP contribution >= 0.6 is 0 Å². The van der Waals surface area contributed by atoms with Crippen LogP contribution in [0.5, 0.6) is 0 Å². The van der Waals surface area contributed by atoms with E-state index in [2.05, 4.69) is 177 Å². The van der Waals surface area contributed by atoms with Crippen molar-refractivity contribution in [1.29, 1.82) is 0 Å². The summed E-state index contributed by atoms with van der Waals surface area (Å²) in [6.07, 6.45) is -4.47.